The van der Waals surface area contributed by atoms with Crippen LogP contribution in [0.25, 0.3) is 0 Å². The SMILES string of the molecule is CN=C(NCC1(O)CCC1)N1CCOC(c2cccc(C(F)(F)F)c2)C1.I. The molecule has 0 bridgehead atoms. The maximum atomic E-state index is 12.9. The number of hydrogen-bond acceptors (Lipinski definition) is 3. The Balaban J connectivity index is 0.00000261. The minimum atomic E-state index is -4.37. The zero-order chi connectivity index (χ0) is 18.8. The molecule has 27 heavy (non-hydrogen) atoms. The molecule has 1 aliphatic carbocycles. The molecule has 0 spiro atoms. The molecule has 1 heterocycles. The van der Waals surface area contributed by atoms with Crippen LogP contribution in [-0.2, 0) is 10.9 Å². The number of aliphatic hydroxyl groups is 1. The highest BCUT2D eigenvalue weighted by atomic mass is 127. The van der Waals surface area contributed by atoms with Crippen LogP contribution in [0.4, 0.5) is 13.2 Å². The lowest BCUT2D eigenvalue weighted by molar-refractivity contribution is -0.137. The minimum absolute atomic E-state index is 0. The van der Waals surface area contributed by atoms with E-state index in [-0.39, 0.29) is 24.0 Å². The molecule has 1 aromatic rings. The molecule has 3 rings (SSSR count). The van der Waals surface area contributed by atoms with Crippen LogP contribution in [0.2, 0.25) is 0 Å². The number of morpholine rings is 1. The normalized spacial score (nSPS) is 22.6. The van der Waals surface area contributed by atoms with E-state index in [2.05, 4.69) is 10.3 Å². The number of hydrogen-bond donors (Lipinski definition) is 2. The number of benzene rings is 1. The van der Waals surface area contributed by atoms with E-state index in [1.165, 1.54) is 6.07 Å². The number of guanidine groups is 1. The first-order valence-electron chi connectivity index (χ1n) is 8.77. The van der Waals surface area contributed by atoms with Crippen LogP contribution in [0.3, 0.4) is 0 Å². The molecule has 2 N–H and O–H groups in total. The fraction of sp³-hybridized carbons (Fsp3) is 0.611. The molecule has 0 aromatic heterocycles. The van der Waals surface area contributed by atoms with Crippen LogP contribution in [0.5, 0.6) is 0 Å². The van der Waals surface area contributed by atoms with Gasteiger partial charge >= 0.3 is 6.18 Å². The molecule has 0 amide bonds. The lowest BCUT2D eigenvalue weighted by Crippen LogP contribution is -2.53. The molecule has 9 heteroatoms. The van der Waals surface area contributed by atoms with Crippen molar-refractivity contribution in [2.45, 2.75) is 37.1 Å². The second kappa shape index (κ2) is 8.95. The predicted octanol–water partition coefficient (Wildman–Crippen LogP) is 3.19. The van der Waals surface area contributed by atoms with E-state index >= 15 is 0 Å². The van der Waals surface area contributed by atoms with Gasteiger partial charge in [0, 0.05) is 20.1 Å². The van der Waals surface area contributed by atoms with Crippen molar-refractivity contribution >= 4 is 29.9 Å². The molecular weight excluding hydrogens is 474 g/mol. The molecule has 5 nitrogen and oxygen atoms in total. The molecular formula is C18H25F3IN3O2. The summed E-state index contributed by atoms with van der Waals surface area (Å²) in [6.45, 7) is 1.81. The zero-order valence-electron chi connectivity index (χ0n) is 15.1. The summed E-state index contributed by atoms with van der Waals surface area (Å²) >= 11 is 0. The van der Waals surface area contributed by atoms with Crippen LogP contribution < -0.4 is 5.32 Å². The summed E-state index contributed by atoms with van der Waals surface area (Å²) in [6, 6.07) is 5.25. The van der Waals surface area contributed by atoms with Gasteiger partial charge in [0.1, 0.15) is 6.10 Å². The summed E-state index contributed by atoms with van der Waals surface area (Å²) in [6.07, 6.45) is -2.28. The van der Waals surface area contributed by atoms with Crippen molar-refractivity contribution in [3.05, 3.63) is 35.4 Å². The largest absolute Gasteiger partial charge is 0.416 e. The van der Waals surface area contributed by atoms with E-state index in [1.807, 2.05) is 4.90 Å². The fourth-order valence-corrected chi connectivity index (χ4v) is 3.30. The van der Waals surface area contributed by atoms with Crippen LogP contribution >= 0.6 is 24.0 Å². The number of rotatable bonds is 3. The van der Waals surface area contributed by atoms with Gasteiger partial charge in [-0.1, -0.05) is 12.1 Å². The van der Waals surface area contributed by atoms with Crippen LogP contribution in [-0.4, -0.2) is 54.9 Å². The van der Waals surface area contributed by atoms with Gasteiger partial charge < -0.3 is 20.1 Å². The summed E-state index contributed by atoms with van der Waals surface area (Å²) in [7, 11) is 1.65. The summed E-state index contributed by atoms with van der Waals surface area (Å²) in [5.41, 5.74) is -0.856. The number of nitrogens with zero attached hydrogens (tertiary/aromatic N) is 2. The first kappa shape index (κ1) is 22.2. The van der Waals surface area contributed by atoms with Gasteiger partial charge in [0.05, 0.1) is 24.3 Å². The minimum Gasteiger partial charge on any atom is -0.388 e. The van der Waals surface area contributed by atoms with Gasteiger partial charge in [-0.05, 0) is 37.0 Å². The summed E-state index contributed by atoms with van der Waals surface area (Å²) in [5, 5.41) is 13.4. The average molecular weight is 499 g/mol. The number of halogens is 4. The third-order valence-electron chi connectivity index (χ3n) is 5.02. The quantitative estimate of drug-likeness (QED) is 0.381. The van der Waals surface area contributed by atoms with Gasteiger partial charge in [0.25, 0.3) is 0 Å². The van der Waals surface area contributed by atoms with Crippen molar-refractivity contribution in [1.82, 2.24) is 10.2 Å². The summed E-state index contributed by atoms with van der Waals surface area (Å²) in [5.74, 6) is 0.630. The highest BCUT2D eigenvalue weighted by Crippen LogP contribution is 2.33. The third kappa shape index (κ3) is 5.47. The van der Waals surface area contributed by atoms with E-state index in [0.717, 1.165) is 31.4 Å². The fourth-order valence-electron chi connectivity index (χ4n) is 3.30. The number of ether oxygens (including phenoxy) is 1. The van der Waals surface area contributed by atoms with Crippen molar-refractivity contribution in [3.8, 4) is 0 Å². The average Bonchev–Trinajstić information content (AvgIpc) is 2.60. The lowest BCUT2D eigenvalue weighted by atomic mass is 9.80. The Bertz CT molecular complexity index is 665. The van der Waals surface area contributed by atoms with Gasteiger partial charge in [-0.25, -0.2) is 0 Å². The zero-order valence-corrected chi connectivity index (χ0v) is 17.5. The topological polar surface area (TPSA) is 57.1 Å². The van der Waals surface area contributed by atoms with Crippen LogP contribution in [0.1, 0.15) is 36.5 Å². The van der Waals surface area contributed by atoms with Crippen LogP contribution in [0, 0.1) is 0 Å². The second-order valence-corrected chi connectivity index (χ2v) is 6.91. The molecule has 1 saturated heterocycles. The van der Waals surface area contributed by atoms with Crippen molar-refractivity contribution in [2.24, 2.45) is 4.99 Å². The first-order valence-corrected chi connectivity index (χ1v) is 8.77. The molecule has 0 radical (unpaired) electrons. The van der Waals surface area contributed by atoms with Crippen molar-refractivity contribution in [1.29, 1.82) is 0 Å². The molecule has 1 unspecified atom stereocenters. The molecule has 152 valence electrons. The van der Waals surface area contributed by atoms with Crippen molar-refractivity contribution in [3.63, 3.8) is 0 Å². The molecule has 1 aliphatic heterocycles. The Morgan fingerprint density at radius 1 is 1.41 bits per heavy atom. The summed E-state index contributed by atoms with van der Waals surface area (Å²) < 4.78 is 44.5. The van der Waals surface area contributed by atoms with Crippen molar-refractivity contribution in [2.75, 3.05) is 33.3 Å². The van der Waals surface area contributed by atoms with E-state index in [0.29, 0.717) is 37.8 Å². The second-order valence-electron chi connectivity index (χ2n) is 6.91. The molecule has 1 saturated carbocycles. The smallest absolute Gasteiger partial charge is 0.388 e. The number of aliphatic imine (C=N–C) groups is 1. The van der Waals surface area contributed by atoms with Crippen LogP contribution in [0.15, 0.2) is 29.3 Å². The van der Waals surface area contributed by atoms with E-state index in [1.54, 1.807) is 13.1 Å². The highest BCUT2D eigenvalue weighted by Gasteiger charge is 2.35. The monoisotopic (exact) mass is 499 g/mol. The third-order valence-corrected chi connectivity index (χ3v) is 5.02. The standard InChI is InChI=1S/C18H24F3N3O2.HI/c1-22-16(23-12-17(25)6-3-7-17)24-8-9-26-15(11-24)13-4-2-5-14(10-13)18(19,20)21;/h2,4-5,10,15,25H,3,6-9,11-12H2,1H3,(H,22,23);1H. The van der Waals surface area contributed by atoms with E-state index < -0.39 is 23.4 Å². The van der Waals surface area contributed by atoms with Gasteiger partial charge in [0.15, 0.2) is 5.96 Å². The first-order chi connectivity index (χ1) is 12.3. The Morgan fingerprint density at radius 3 is 2.74 bits per heavy atom. The Labute approximate surface area is 174 Å². The highest BCUT2D eigenvalue weighted by molar-refractivity contribution is 14.0. The van der Waals surface area contributed by atoms with E-state index in [9.17, 15) is 18.3 Å². The maximum Gasteiger partial charge on any atom is 0.416 e. The number of alkyl halides is 3. The Morgan fingerprint density at radius 2 is 2.15 bits per heavy atom. The van der Waals surface area contributed by atoms with Gasteiger partial charge in [-0.15, -0.1) is 24.0 Å². The molecule has 2 aliphatic rings. The van der Waals surface area contributed by atoms with Gasteiger partial charge in [-0.3, -0.25) is 4.99 Å². The molecule has 2 fully saturated rings. The van der Waals surface area contributed by atoms with Gasteiger partial charge in [0.2, 0.25) is 0 Å². The molecule has 1 atom stereocenters. The maximum absolute atomic E-state index is 12.9. The number of nitrogens with one attached hydrogen (secondary N) is 1. The van der Waals surface area contributed by atoms with Gasteiger partial charge in [-0.2, -0.15) is 13.2 Å². The molecule has 1 aromatic carbocycles. The predicted molar refractivity (Wildman–Crippen MR) is 107 cm³/mol. The van der Waals surface area contributed by atoms with Crippen molar-refractivity contribution < 1.29 is 23.0 Å². The summed E-state index contributed by atoms with van der Waals surface area (Å²) in [4.78, 5) is 6.20. The van der Waals surface area contributed by atoms with E-state index in [4.69, 9.17) is 4.74 Å². The Hall–Kier alpha value is -1.07. The lowest BCUT2D eigenvalue weighted by Gasteiger charge is -2.39. The Kier molecular flexibility index (Phi) is 7.37.